The molecule has 0 bridgehead atoms. The molecule has 4 aromatic rings. The molecule has 166 valence electrons. The largest absolute Gasteiger partial charge is 0.351 e. The Balaban J connectivity index is 1.70. The first-order chi connectivity index (χ1) is 16.0. The van der Waals surface area contributed by atoms with E-state index in [1.807, 2.05) is 36.5 Å². The van der Waals surface area contributed by atoms with Crippen LogP contribution in [0.15, 0.2) is 79.0 Å². The standard InChI is InChI=1S/C27H25ClN4S/c1-17-9-8-10-20(15-17)32-26(25(30-27(32)33)23-12-6-7-14-29-23)21-16-18(2)31(19(21)3)24-13-5-4-11-22(24)28/h4-16,25-26H,1-3H3,(H,30,33)/t25-,26+/m1/s1. The van der Waals surface area contributed by atoms with Crippen LogP contribution in [-0.4, -0.2) is 14.7 Å². The first kappa shape index (κ1) is 21.7. The van der Waals surface area contributed by atoms with Gasteiger partial charge in [0.1, 0.15) is 0 Å². The lowest BCUT2D eigenvalue weighted by Gasteiger charge is -2.28. The lowest BCUT2D eigenvalue weighted by molar-refractivity contribution is 0.565. The molecule has 0 saturated carbocycles. The molecule has 0 radical (unpaired) electrons. The van der Waals surface area contributed by atoms with Gasteiger partial charge >= 0.3 is 0 Å². The first-order valence-corrected chi connectivity index (χ1v) is 11.8. The fraction of sp³-hybridized carbons (Fsp3) is 0.185. The van der Waals surface area contributed by atoms with Crippen molar-refractivity contribution in [2.75, 3.05) is 4.90 Å². The Labute approximate surface area is 204 Å². The molecule has 2 atom stereocenters. The van der Waals surface area contributed by atoms with Gasteiger partial charge in [0.2, 0.25) is 0 Å². The van der Waals surface area contributed by atoms with E-state index in [1.54, 1.807) is 0 Å². The summed E-state index contributed by atoms with van der Waals surface area (Å²) in [5, 5.41) is 4.98. The lowest BCUT2D eigenvalue weighted by Crippen LogP contribution is -2.29. The number of halogens is 1. The summed E-state index contributed by atoms with van der Waals surface area (Å²) in [6, 6.07) is 24.5. The molecule has 1 N–H and O–H groups in total. The minimum absolute atomic E-state index is 0.0587. The van der Waals surface area contributed by atoms with Crippen molar-refractivity contribution >= 4 is 34.6 Å². The Hall–Kier alpha value is -3.15. The molecule has 2 aromatic carbocycles. The van der Waals surface area contributed by atoms with E-state index >= 15 is 0 Å². The number of nitrogens with one attached hydrogen (secondary N) is 1. The van der Waals surface area contributed by atoms with Crippen LogP contribution in [0.3, 0.4) is 0 Å². The predicted molar refractivity (Wildman–Crippen MR) is 139 cm³/mol. The second-order valence-electron chi connectivity index (χ2n) is 8.45. The number of anilines is 1. The van der Waals surface area contributed by atoms with Crippen molar-refractivity contribution in [2.45, 2.75) is 32.9 Å². The number of hydrogen-bond acceptors (Lipinski definition) is 2. The number of pyridine rings is 1. The zero-order valence-electron chi connectivity index (χ0n) is 18.8. The molecule has 5 rings (SSSR count). The highest BCUT2D eigenvalue weighted by Crippen LogP contribution is 2.44. The van der Waals surface area contributed by atoms with Gasteiger partial charge < -0.3 is 14.8 Å². The van der Waals surface area contributed by atoms with Gasteiger partial charge in [0, 0.05) is 23.3 Å². The summed E-state index contributed by atoms with van der Waals surface area (Å²) in [6.45, 7) is 6.37. The first-order valence-electron chi connectivity index (χ1n) is 11.0. The summed E-state index contributed by atoms with van der Waals surface area (Å²) in [5.74, 6) is 0. The minimum Gasteiger partial charge on any atom is -0.351 e. The highest BCUT2D eigenvalue weighted by atomic mass is 35.5. The highest BCUT2D eigenvalue weighted by molar-refractivity contribution is 7.80. The Bertz CT molecular complexity index is 1330. The fourth-order valence-corrected chi connectivity index (χ4v) is 5.38. The van der Waals surface area contributed by atoms with E-state index in [4.69, 9.17) is 23.8 Å². The van der Waals surface area contributed by atoms with Gasteiger partial charge in [-0.2, -0.15) is 0 Å². The Morgan fingerprint density at radius 2 is 1.73 bits per heavy atom. The van der Waals surface area contributed by atoms with Crippen molar-refractivity contribution in [3.05, 3.63) is 112 Å². The van der Waals surface area contributed by atoms with Crippen LogP contribution in [0.25, 0.3) is 5.69 Å². The smallest absolute Gasteiger partial charge is 0.174 e. The fourth-order valence-electron chi connectivity index (χ4n) is 4.82. The number of hydrogen-bond donors (Lipinski definition) is 1. The van der Waals surface area contributed by atoms with E-state index in [0.717, 1.165) is 33.5 Å². The highest BCUT2D eigenvalue weighted by Gasteiger charge is 2.42. The summed E-state index contributed by atoms with van der Waals surface area (Å²) >= 11 is 12.5. The van der Waals surface area contributed by atoms with Gasteiger partial charge in [0.25, 0.3) is 0 Å². The van der Waals surface area contributed by atoms with Gasteiger partial charge in [-0.05, 0) is 86.6 Å². The van der Waals surface area contributed by atoms with Crippen molar-refractivity contribution in [3.8, 4) is 5.69 Å². The molecule has 6 heteroatoms. The van der Waals surface area contributed by atoms with Gasteiger partial charge in [0.15, 0.2) is 5.11 Å². The second-order valence-corrected chi connectivity index (χ2v) is 9.24. The minimum atomic E-state index is -0.0839. The third-order valence-corrected chi connectivity index (χ3v) is 6.89. The maximum Gasteiger partial charge on any atom is 0.174 e. The van der Waals surface area contributed by atoms with Crippen molar-refractivity contribution in [1.82, 2.24) is 14.9 Å². The van der Waals surface area contributed by atoms with Gasteiger partial charge in [-0.25, -0.2) is 0 Å². The van der Waals surface area contributed by atoms with Gasteiger partial charge in [0.05, 0.1) is 28.5 Å². The third kappa shape index (κ3) is 3.81. The van der Waals surface area contributed by atoms with Crippen LogP contribution in [-0.2, 0) is 0 Å². The van der Waals surface area contributed by atoms with Crippen molar-refractivity contribution in [3.63, 3.8) is 0 Å². The summed E-state index contributed by atoms with van der Waals surface area (Å²) in [7, 11) is 0. The van der Waals surface area contributed by atoms with Crippen LogP contribution in [0.4, 0.5) is 5.69 Å². The van der Waals surface area contributed by atoms with Crippen LogP contribution in [0.2, 0.25) is 5.02 Å². The molecule has 4 nitrogen and oxygen atoms in total. The van der Waals surface area contributed by atoms with Crippen molar-refractivity contribution in [1.29, 1.82) is 0 Å². The molecular weight excluding hydrogens is 448 g/mol. The van der Waals surface area contributed by atoms with E-state index in [2.05, 4.69) is 83.0 Å². The van der Waals surface area contributed by atoms with Crippen LogP contribution in [0, 0.1) is 20.8 Å². The summed E-state index contributed by atoms with van der Waals surface area (Å²) in [5.41, 5.74) is 7.65. The molecular formula is C27H25ClN4S. The van der Waals surface area contributed by atoms with Gasteiger partial charge in [-0.15, -0.1) is 0 Å². The number of thiocarbonyl (C=S) groups is 1. The van der Waals surface area contributed by atoms with Crippen molar-refractivity contribution < 1.29 is 0 Å². The van der Waals surface area contributed by atoms with Crippen LogP contribution >= 0.6 is 23.8 Å². The number of aryl methyl sites for hydroxylation is 2. The normalized spacial score (nSPS) is 17.9. The summed E-state index contributed by atoms with van der Waals surface area (Å²) in [6.07, 6.45) is 1.83. The molecule has 0 amide bonds. The number of nitrogens with zero attached hydrogens (tertiary/aromatic N) is 3. The van der Waals surface area contributed by atoms with Gasteiger partial charge in [-0.1, -0.05) is 41.9 Å². The quantitative estimate of drug-likeness (QED) is 0.338. The SMILES string of the molecule is Cc1cccc(N2C(=S)N[C@H](c3ccccn3)[C@@H]2c2cc(C)n(-c3ccccc3Cl)c2C)c1. The maximum atomic E-state index is 6.59. The number of para-hydroxylation sites is 1. The third-order valence-electron chi connectivity index (χ3n) is 6.26. The maximum absolute atomic E-state index is 6.59. The van der Waals surface area contributed by atoms with Gasteiger partial charge in [-0.3, -0.25) is 4.98 Å². The summed E-state index contributed by atoms with van der Waals surface area (Å²) in [4.78, 5) is 6.89. The molecule has 1 aliphatic rings. The second kappa shape index (κ2) is 8.65. The van der Waals surface area contributed by atoms with E-state index < -0.39 is 0 Å². The average molecular weight is 473 g/mol. The Morgan fingerprint density at radius 1 is 0.939 bits per heavy atom. The zero-order valence-corrected chi connectivity index (χ0v) is 20.4. The molecule has 1 saturated heterocycles. The molecule has 1 fully saturated rings. The van der Waals surface area contributed by atoms with Crippen LogP contribution < -0.4 is 10.2 Å². The number of rotatable bonds is 4. The molecule has 0 unspecified atom stereocenters. The van der Waals surface area contributed by atoms with Crippen LogP contribution in [0.1, 0.15) is 40.3 Å². The summed E-state index contributed by atoms with van der Waals surface area (Å²) < 4.78 is 2.23. The lowest BCUT2D eigenvalue weighted by atomic mass is 9.96. The number of aromatic nitrogens is 2. The zero-order chi connectivity index (χ0) is 23.1. The molecule has 33 heavy (non-hydrogen) atoms. The molecule has 0 aliphatic carbocycles. The Kier molecular flexibility index (Phi) is 5.69. The molecule has 2 aromatic heterocycles. The Morgan fingerprint density at radius 3 is 2.45 bits per heavy atom. The number of benzene rings is 2. The molecule has 1 aliphatic heterocycles. The predicted octanol–water partition coefficient (Wildman–Crippen LogP) is 6.63. The van der Waals surface area contributed by atoms with E-state index in [1.165, 1.54) is 11.1 Å². The van der Waals surface area contributed by atoms with E-state index in [0.29, 0.717) is 5.11 Å². The van der Waals surface area contributed by atoms with Crippen molar-refractivity contribution in [2.24, 2.45) is 0 Å². The molecule has 3 heterocycles. The topological polar surface area (TPSA) is 33.1 Å². The van der Waals surface area contributed by atoms with E-state index in [9.17, 15) is 0 Å². The monoisotopic (exact) mass is 472 g/mol. The average Bonchev–Trinajstić information content (AvgIpc) is 3.30. The van der Waals surface area contributed by atoms with E-state index in [-0.39, 0.29) is 12.1 Å². The molecule has 0 spiro atoms. The van der Waals surface area contributed by atoms with Crippen LogP contribution in [0.5, 0.6) is 0 Å².